The lowest BCUT2D eigenvalue weighted by atomic mass is 10.1. The van der Waals surface area contributed by atoms with E-state index in [0.717, 1.165) is 61.0 Å². The molecule has 0 spiro atoms. The van der Waals surface area contributed by atoms with Crippen molar-refractivity contribution < 1.29 is 19.1 Å². The van der Waals surface area contributed by atoms with E-state index in [1.807, 2.05) is 54.1 Å². The largest absolute Gasteiger partial charge is 0.443 e. The summed E-state index contributed by atoms with van der Waals surface area (Å²) in [5.41, 5.74) is 11.2. The molecule has 0 unspecified atom stereocenters. The Balaban J connectivity index is 1.15. The minimum absolute atomic E-state index is 0.0575. The first-order valence-electron chi connectivity index (χ1n) is 17.8. The number of halogens is 1. The lowest BCUT2D eigenvalue weighted by molar-refractivity contribution is -0.115. The van der Waals surface area contributed by atoms with Crippen LogP contribution < -0.4 is 11.1 Å². The Morgan fingerprint density at radius 2 is 1.77 bits per heavy atom. The SMILES string of the molecule is CCN1CCN(Cc2cc(NC(=O)Cc3cccc(C#Cc4cnc(N)nc4-c4cc5c(n4C)CCN(C(=O)OC(C)(C)C)C5=O)c3)ccc2Cl)CC1. The van der Waals surface area contributed by atoms with Crippen LogP contribution >= 0.6 is 11.6 Å². The summed E-state index contributed by atoms with van der Waals surface area (Å²) in [7, 11) is 1.84. The monoisotopic (exact) mass is 736 g/mol. The van der Waals surface area contributed by atoms with Crippen LogP contribution in [0.4, 0.5) is 16.4 Å². The molecule has 0 radical (unpaired) electrons. The highest BCUT2D eigenvalue weighted by atomic mass is 35.5. The van der Waals surface area contributed by atoms with Gasteiger partial charge in [0.05, 0.1) is 23.2 Å². The van der Waals surface area contributed by atoms with Crippen LogP contribution in [0, 0.1) is 11.8 Å². The average Bonchev–Trinajstić information content (AvgIpc) is 3.45. The molecule has 53 heavy (non-hydrogen) atoms. The van der Waals surface area contributed by atoms with Gasteiger partial charge in [0.25, 0.3) is 5.91 Å². The number of imide groups is 1. The fraction of sp³-hybridized carbons (Fsp3) is 0.375. The van der Waals surface area contributed by atoms with E-state index in [2.05, 4.69) is 43.8 Å². The van der Waals surface area contributed by atoms with Gasteiger partial charge in [-0.1, -0.05) is 42.5 Å². The van der Waals surface area contributed by atoms with Gasteiger partial charge in [-0.15, -0.1) is 0 Å². The fourth-order valence-corrected chi connectivity index (χ4v) is 6.74. The Morgan fingerprint density at radius 1 is 1.02 bits per heavy atom. The van der Waals surface area contributed by atoms with E-state index in [0.29, 0.717) is 45.2 Å². The molecule has 4 aromatic rings. The van der Waals surface area contributed by atoms with E-state index in [1.165, 1.54) is 0 Å². The molecule has 2 aromatic carbocycles. The molecule has 6 rings (SSSR count). The molecule has 0 aliphatic carbocycles. The summed E-state index contributed by atoms with van der Waals surface area (Å²) >= 11 is 6.54. The molecule has 3 amide bonds. The Kier molecular flexibility index (Phi) is 11.2. The van der Waals surface area contributed by atoms with Crippen molar-refractivity contribution in [3.63, 3.8) is 0 Å². The van der Waals surface area contributed by atoms with Crippen LogP contribution in [-0.2, 0) is 36.0 Å². The number of piperazine rings is 1. The molecule has 13 heteroatoms. The van der Waals surface area contributed by atoms with Crippen molar-refractivity contribution in [2.24, 2.45) is 7.05 Å². The molecular formula is C40H45ClN8O4. The number of anilines is 2. The average molecular weight is 737 g/mol. The van der Waals surface area contributed by atoms with Gasteiger partial charge in [0.1, 0.15) is 11.3 Å². The van der Waals surface area contributed by atoms with Crippen LogP contribution in [-0.4, -0.2) is 92.0 Å². The third-order valence-electron chi connectivity index (χ3n) is 9.34. The topological polar surface area (TPSA) is 139 Å². The number of carbonyl (C=O) groups is 3. The van der Waals surface area contributed by atoms with Crippen LogP contribution in [0.2, 0.25) is 5.02 Å². The van der Waals surface area contributed by atoms with E-state index in [4.69, 9.17) is 22.1 Å². The molecule has 0 saturated carbocycles. The number of aromatic nitrogens is 3. The number of benzene rings is 2. The Bertz CT molecular complexity index is 2100. The van der Waals surface area contributed by atoms with E-state index in [9.17, 15) is 14.4 Å². The van der Waals surface area contributed by atoms with Crippen molar-refractivity contribution in [1.82, 2.24) is 29.2 Å². The maximum Gasteiger partial charge on any atom is 0.417 e. The van der Waals surface area contributed by atoms with Crippen LogP contribution in [0.15, 0.2) is 54.7 Å². The highest BCUT2D eigenvalue weighted by Gasteiger charge is 2.35. The van der Waals surface area contributed by atoms with Gasteiger partial charge in [-0.3, -0.25) is 14.5 Å². The third-order valence-corrected chi connectivity index (χ3v) is 9.71. The summed E-state index contributed by atoms with van der Waals surface area (Å²) < 4.78 is 7.34. The van der Waals surface area contributed by atoms with Gasteiger partial charge in [-0.05, 0) is 74.8 Å². The number of ether oxygens (including phenoxy) is 1. The van der Waals surface area contributed by atoms with Crippen molar-refractivity contribution in [1.29, 1.82) is 0 Å². The molecule has 2 aliphatic heterocycles. The van der Waals surface area contributed by atoms with Gasteiger partial charge in [0.2, 0.25) is 11.9 Å². The molecule has 12 nitrogen and oxygen atoms in total. The first-order chi connectivity index (χ1) is 25.3. The number of likely N-dealkylation sites (N-methyl/N-ethyl adjacent to an activating group) is 1. The quantitative estimate of drug-likeness (QED) is 0.240. The van der Waals surface area contributed by atoms with Gasteiger partial charge < -0.3 is 25.3 Å². The highest BCUT2D eigenvalue weighted by molar-refractivity contribution is 6.31. The molecule has 0 atom stereocenters. The van der Waals surface area contributed by atoms with Crippen LogP contribution in [0.1, 0.15) is 66.0 Å². The van der Waals surface area contributed by atoms with Crippen LogP contribution in [0.3, 0.4) is 0 Å². The molecule has 0 bridgehead atoms. The van der Waals surface area contributed by atoms with Gasteiger partial charge in [-0.25, -0.2) is 19.7 Å². The number of nitrogen functional groups attached to an aromatic ring is 1. The minimum atomic E-state index is -0.733. The number of amides is 3. The lowest BCUT2D eigenvalue weighted by Crippen LogP contribution is -2.45. The molecular weight excluding hydrogens is 692 g/mol. The summed E-state index contributed by atoms with van der Waals surface area (Å²) in [6.45, 7) is 13.5. The molecule has 1 saturated heterocycles. The lowest BCUT2D eigenvalue weighted by Gasteiger charge is -2.34. The second-order valence-electron chi connectivity index (χ2n) is 14.3. The minimum Gasteiger partial charge on any atom is -0.443 e. The number of hydrogen-bond donors (Lipinski definition) is 2. The number of nitrogens with zero attached hydrogens (tertiary/aromatic N) is 6. The van der Waals surface area contributed by atoms with Crippen molar-refractivity contribution >= 4 is 41.1 Å². The Hall–Kier alpha value is -5.22. The second kappa shape index (κ2) is 15.8. The van der Waals surface area contributed by atoms with Crippen LogP contribution in [0.5, 0.6) is 0 Å². The fourth-order valence-electron chi connectivity index (χ4n) is 6.56. The van der Waals surface area contributed by atoms with E-state index < -0.39 is 17.6 Å². The summed E-state index contributed by atoms with van der Waals surface area (Å²) in [6.07, 6.45) is 1.48. The van der Waals surface area contributed by atoms with E-state index in [-0.39, 0.29) is 24.8 Å². The maximum absolute atomic E-state index is 13.4. The molecule has 2 aromatic heterocycles. The molecule has 276 valence electrons. The number of carbonyl (C=O) groups excluding carboxylic acids is 3. The highest BCUT2D eigenvalue weighted by Crippen LogP contribution is 2.31. The number of hydrogen-bond acceptors (Lipinski definition) is 9. The zero-order chi connectivity index (χ0) is 37.9. The molecule has 4 heterocycles. The van der Waals surface area contributed by atoms with Crippen molar-refractivity contribution in [2.75, 3.05) is 50.3 Å². The van der Waals surface area contributed by atoms with Crippen LogP contribution in [0.25, 0.3) is 11.4 Å². The molecule has 3 N–H and O–H groups in total. The second-order valence-corrected chi connectivity index (χ2v) is 14.7. The van der Waals surface area contributed by atoms with Crippen molar-refractivity contribution in [3.8, 4) is 23.2 Å². The molecule has 1 fully saturated rings. The number of nitrogens with one attached hydrogen (secondary N) is 1. The number of rotatable bonds is 7. The zero-order valence-corrected chi connectivity index (χ0v) is 31.6. The predicted octanol–water partition coefficient (Wildman–Crippen LogP) is 5.37. The van der Waals surface area contributed by atoms with Gasteiger partial charge in [0.15, 0.2) is 0 Å². The first-order valence-corrected chi connectivity index (χ1v) is 18.2. The van der Waals surface area contributed by atoms with Gasteiger partial charge >= 0.3 is 6.09 Å². The summed E-state index contributed by atoms with van der Waals surface area (Å²) in [5, 5.41) is 3.71. The maximum atomic E-state index is 13.4. The predicted molar refractivity (Wildman–Crippen MR) is 205 cm³/mol. The van der Waals surface area contributed by atoms with Crippen molar-refractivity contribution in [2.45, 2.75) is 52.7 Å². The van der Waals surface area contributed by atoms with Gasteiger partial charge in [-0.2, -0.15) is 0 Å². The normalized spacial score (nSPS) is 15.1. The van der Waals surface area contributed by atoms with Gasteiger partial charge in [0, 0.05) is 80.9 Å². The number of nitrogens with two attached hydrogens (primary N) is 1. The summed E-state index contributed by atoms with van der Waals surface area (Å²) in [6, 6.07) is 14.8. The standard InChI is InChI=1S/C40H45ClN8O4/c1-6-47-16-18-48(19-17-47)25-29-22-30(12-13-32(29)41)44-35(50)21-27-9-7-8-26(20-27)10-11-28-24-43-38(42)45-36(28)34-23-31-33(46(34)5)14-15-49(37(31)51)39(52)53-40(2,3)4/h7-9,12-13,20,22-24H,6,14-19,21,25H2,1-5H3,(H,44,50)(H2,42,43,45). The number of fused-ring (bicyclic) bond motifs is 1. The van der Waals surface area contributed by atoms with E-state index >= 15 is 0 Å². The molecule has 2 aliphatic rings. The van der Waals surface area contributed by atoms with Crippen molar-refractivity contribution in [3.05, 3.63) is 93.3 Å². The Labute approximate surface area is 315 Å². The Morgan fingerprint density at radius 3 is 2.51 bits per heavy atom. The summed E-state index contributed by atoms with van der Waals surface area (Å²) in [5.74, 6) is 5.81. The third kappa shape index (κ3) is 9.06. The summed E-state index contributed by atoms with van der Waals surface area (Å²) in [4.78, 5) is 54.0. The zero-order valence-electron chi connectivity index (χ0n) is 30.8. The smallest absolute Gasteiger partial charge is 0.417 e. The first kappa shape index (κ1) is 37.5. The van der Waals surface area contributed by atoms with E-state index in [1.54, 1.807) is 33.0 Å².